The van der Waals surface area contributed by atoms with Crippen LogP contribution in [-0.2, 0) is 4.74 Å². The molecule has 14 heavy (non-hydrogen) atoms. The molecule has 3 atom stereocenters. The van der Waals surface area contributed by atoms with Crippen molar-refractivity contribution in [2.75, 3.05) is 20.3 Å². The fourth-order valence-electron chi connectivity index (χ4n) is 1.97. The van der Waals surface area contributed by atoms with E-state index in [2.05, 4.69) is 12.2 Å². The maximum atomic E-state index is 6.20. The molecular formula is C11H22ClNO. The van der Waals surface area contributed by atoms with Gasteiger partial charge in [-0.3, -0.25) is 0 Å². The van der Waals surface area contributed by atoms with Crippen LogP contribution in [0.2, 0.25) is 0 Å². The smallest absolute Gasteiger partial charge is 0.0476 e. The highest BCUT2D eigenvalue weighted by Crippen LogP contribution is 2.29. The molecule has 0 radical (unpaired) electrons. The van der Waals surface area contributed by atoms with Crippen molar-refractivity contribution in [2.45, 2.75) is 44.0 Å². The first-order chi connectivity index (χ1) is 6.74. The fraction of sp³-hybridized carbons (Fsp3) is 1.00. The number of methoxy groups -OCH3 is 1. The Morgan fingerprint density at radius 2 is 2.29 bits per heavy atom. The molecular weight excluding hydrogens is 198 g/mol. The van der Waals surface area contributed by atoms with Gasteiger partial charge in [-0.25, -0.2) is 0 Å². The third-order valence-electron chi connectivity index (χ3n) is 3.05. The van der Waals surface area contributed by atoms with Gasteiger partial charge in [-0.15, -0.1) is 11.6 Å². The molecule has 0 spiro atoms. The summed E-state index contributed by atoms with van der Waals surface area (Å²) in [5, 5.41) is 3.93. The lowest BCUT2D eigenvalue weighted by molar-refractivity contribution is 0.184. The van der Waals surface area contributed by atoms with Gasteiger partial charge in [0, 0.05) is 25.1 Å². The minimum absolute atomic E-state index is 0.400. The molecule has 1 fully saturated rings. The highest BCUT2D eigenvalue weighted by atomic mass is 35.5. The molecule has 0 saturated heterocycles. The average molecular weight is 220 g/mol. The summed E-state index contributed by atoms with van der Waals surface area (Å²) in [6, 6.07) is 0.541. The molecule has 0 aromatic heterocycles. The minimum Gasteiger partial charge on any atom is -0.385 e. The molecule has 1 aliphatic carbocycles. The van der Waals surface area contributed by atoms with E-state index in [0.717, 1.165) is 19.6 Å². The standard InChI is InChI=1S/C11H22ClNO/c1-9(6-7-14-2)13-8-10-4-3-5-11(10)12/h9-11,13H,3-8H2,1-2H3. The summed E-state index contributed by atoms with van der Waals surface area (Å²) < 4.78 is 5.04. The molecule has 0 bridgehead atoms. The normalized spacial score (nSPS) is 29.4. The summed E-state index contributed by atoms with van der Waals surface area (Å²) in [6.45, 7) is 4.11. The number of hydrogen-bond donors (Lipinski definition) is 1. The first-order valence-corrected chi connectivity index (χ1v) is 6.04. The number of alkyl halides is 1. The number of rotatable bonds is 6. The van der Waals surface area contributed by atoms with Crippen LogP contribution in [0.4, 0.5) is 0 Å². The predicted molar refractivity (Wildman–Crippen MR) is 60.9 cm³/mol. The molecule has 1 N–H and O–H groups in total. The maximum absolute atomic E-state index is 6.20. The van der Waals surface area contributed by atoms with Gasteiger partial charge in [0.15, 0.2) is 0 Å². The van der Waals surface area contributed by atoms with E-state index in [4.69, 9.17) is 16.3 Å². The summed E-state index contributed by atoms with van der Waals surface area (Å²) >= 11 is 6.20. The molecule has 0 aliphatic heterocycles. The van der Waals surface area contributed by atoms with Gasteiger partial charge in [-0.1, -0.05) is 6.42 Å². The topological polar surface area (TPSA) is 21.3 Å². The molecule has 84 valence electrons. The highest BCUT2D eigenvalue weighted by molar-refractivity contribution is 6.20. The Balaban J connectivity index is 2.07. The Morgan fingerprint density at radius 1 is 1.50 bits per heavy atom. The first kappa shape index (κ1) is 12.3. The number of ether oxygens (including phenoxy) is 1. The maximum Gasteiger partial charge on any atom is 0.0476 e. The molecule has 1 rings (SSSR count). The first-order valence-electron chi connectivity index (χ1n) is 5.60. The number of nitrogens with one attached hydrogen (secondary N) is 1. The van der Waals surface area contributed by atoms with E-state index < -0.39 is 0 Å². The summed E-state index contributed by atoms with van der Waals surface area (Å²) in [5.74, 6) is 0.682. The third kappa shape index (κ3) is 4.16. The van der Waals surface area contributed by atoms with Gasteiger partial charge in [-0.2, -0.15) is 0 Å². The Labute approximate surface area is 92.3 Å². The van der Waals surface area contributed by atoms with E-state index in [1.807, 2.05) is 0 Å². The van der Waals surface area contributed by atoms with Crippen LogP contribution < -0.4 is 5.32 Å². The quantitative estimate of drug-likeness (QED) is 0.693. The van der Waals surface area contributed by atoms with Crippen LogP contribution in [0.25, 0.3) is 0 Å². The zero-order chi connectivity index (χ0) is 10.4. The summed E-state index contributed by atoms with van der Waals surface area (Å²) in [4.78, 5) is 0. The van der Waals surface area contributed by atoms with E-state index in [1.165, 1.54) is 19.3 Å². The highest BCUT2D eigenvalue weighted by Gasteiger charge is 2.24. The van der Waals surface area contributed by atoms with E-state index in [9.17, 15) is 0 Å². The van der Waals surface area contributed by atoms with Crippen LogP contribution in [0.1, 0.15) is 32.6 Å². The van der Waals surface area contributed by atoms with Crippen LogP contribution in [0.3, 0.4) is 0 Å². The minimum atomic E-state index is 0.400. The summed E-state index contributed by atoms with van der Waals surface area (Å²) in [5.41, 5.74) is 0. The van der Waals surface area contributed by atoms with Gasteiger partial charge >= 0.3 is 0 Å². The van der Waals surface area contributed by atoms with Crippen molar-refractivity contribution in [3.05, 3.63) is 0 Å². The lowest BCUT2D eigenvalue weighted by Gasteiger charge is -2.18. The Hall–Kier alpha value is 0.210. The molecule has 0 heterocycles. The number of halogens is 1. The van der Waals surface area contributed by atoms with Crippen LogP contribution >= 0.6 is 11.6 Å². The van der Waals surface area contributed by atoms with Gasteiger partial charge in [0.05, 0.1) is 0 Å². The lowest BCUT2D eigenvalue weighted by Crippen LogP contribution is -2.33. The molecule has 3 heteroatoms. The van der Waals surface area contributed by atoms with Crippen LogP contribution in [-0.4, -0.2) is 31.7 Å². The van der Waals surface area contributed by atoms with Gasteiger partial charge in [0.25, 0.3) is 0 Å². The number of hydrogen-bond acceptors (Lipinski definition) is 2. The molecule has 3 unspecified atom stereocenters. The second kappa shape index (κ2) is 6.65. The SMILES string of the molecule is COCCC(C)NCC1CCCC1Cl. The zero-order valence-corrected chi connectivity index (χ0v) is 10.0. The molecule has 1 aliphatic rings. The van der Waals surface area contributed by atoms with Crippen LogP contribution in [0.15, 0.2) is 0 Å². The van der Waals surface area contributed by atoms with Crippen molar-refractivity contribution in [1.82, 2.24) is 5.32 Å². The Bertz CT molecular complexity index is 154. The van der Waals surface area contributed by atoms with Gasteiger partial charge < -0.3 is 10.1 Å². The molecule has 2 nitrogen and oxygen atoms in total. The van der Waals surface area contributed by atoms with Crippen LogP contribution in [0.5, 0.6) is 0 Å². The van der Waals surface area contributed by atoms with Crippen molar-refractivity contribution in [1.29, 1.82) is 0 Å². The fourth-order valence-corrected chi connectivity index (χ4v) is 2.34. The second-order valence-corrected chi connectivity index (χ2v) is 4.86. The van der Waals surface area contributed by atoms with E-state index in [-0.39, 0.29) is 0 Å². The summed E-state index contributed by atoms with van der Waals surface area (Å²) in [7, 11) is 1.75. The van der Waals surface area contributed by atoms with E-state index in [1.54, 1.807) is 7.11 Å². The van der Waals surface area contributed by atoms with E-state index >= 15 is 0 Å². The Morgan fingerprint density at radius 3 is 2.86 bits per heavy atom. The third-order valence-corrected chi connectivity index (χ3v) is 3.62. The largest absolute Gasteiger partial charge is 0.385 e. The lowest BCUT2D eigenvalue weighted by atomic mass is 10.1. The van der Waals surface area contributed by atoms with Crippen molar-refractivity contribution in [3.8, 4) is 0 Å². The van der Waals surface area contributed by atoms with Crippen molar-refractivity contribution in [2.24, 2.45) is 5.92 Å². The van der Waals surface area contributed by atoms with E-state index in [0.29, 0.717) is 17.3 Å². The predicted octanol–water partition coefficient (Wildman–Crippen LogP) is 2.41. The molecule has 1 saturated carbocycles. The monoisotopic (exact) mass is 219 g/mol. The van der Waals surface area contributed by atoms with Crippen molar-refractivity contribution < 1.29 is 4.74 Å². The zero-order valence-electron chi connectivity index (χ0n) is 9.26. The second-order valence-electron chi connectivity index (χ2n) is 4.30. The van der Waals surface area contributed by atoms with Gasteiger partial charge in [0.1, 0.15) is 0 Å². The molecule has 0 amide bonds. The average Bonchev–Trinajstić information content (AvgIpc) is 2.58. The Kier molecular flexibility index (Phi) is 5.83. The molecule has 0 aromatic rings. The van der Waals surface area contributed by atoms with Crippen molar-refractivity contribution in [3.63, 3.8) is 0 Å². The van der Waals surface area contributed by atoms with Crippen LogP contribution in [0, 0.1) is 5.92 Å². The van der Waals surface area contributed by atoms with Gasteiger partial charge in [-0.05, 0) is 38.6 Å². The van der Waals surface area contributed by atoms with Crippen molar-refractivity contribution >= 4 is 11.6 Å². The summed E-state index contributed by atoms with van der Waals surface area (Å²) in [6.07, 6.45) is 4.86. The van der Waals surface area contributed by atoms with Gasteiger partial charge in [0.2, 0.25) is 0 Å². The molecule has 0 aromatic carbocycles.